The summed E-state index contributed by atoms with van der Waals surface area (Å²) in [6, 6.07) is 3.40. The van der Waals surface area contributed by atoms with Crippen molar-refractivity contribution in [2.75, 3.05) is 19.3 Å². The molecule has 1 atom stereocenters. The van der Waals surface area contributed by atoms with E-state index in [1.807, 2.05) is 19.2 Å². The lowest BCUT2D eigenvalue weighted by atomic mass is 9.77. The Morgan fingerprint density at radius 2 is 1.80 bits per heavy atom. The van der Waals surface area contributed by atoms with Gasteiger partial charge in [0.15, 0.2) is 11.5 Å². The van der Waals surface area contributed by atoms with E-state index in [-0.39, 0.29) is 34.9 Å². The number of thioether (sulfide) groups is 1. The number of halogens is 3. The van der Waals surface area contributed by atoms with Crippen LogP contribution in [-0.2, 0) is 11.3 Å². The van der Waals surface area contributed by atoms with Crippen LogP contribution in [0.2, 0.25) is 5.02 Å². The molecule has 40 heavy (non-hydrogen) atoms. The summed E-state index contributed by atoms with van der Waals surface area (Å²) in [5.74, 6) is -4.04. The van der Waals surface area contributed by atoms with E-state index in [4.69, 9.17) is 21.1 Å². The van der Waals surface area contributed by atoms with Gasteiger partial charge in [0.05, 0.1) is 18.1 Å². The van der Waals surface area contributed by atoms with Crippen molar-refractivity contribution < 1.29 is 27.8 Å². The fourth-order valence-electron chi connectivity index (χ4n) is 5.84. The van der Waals surface area contributed by atoms with Gasteiger partial charge < -0.3 is 24.7 Å². The maximum absolute atomic E-state index is 13.2. The highest BCUT2D eigenvalue weighted by atomic mass is 35.5. The zero-order chi connectivity index (χ0) is 29.0. The summed E-state index contributed by atoms with van der Waals surface area (Å²) in [4.78, 5) is 43.1. The van der Waals surface area contributed by atoms with Crippen LogP contribution in [0.5, 0.6) is 11.5 Å². The Kier molecular flexibility index (Phi) is 7.58. The number of carbonyl (C=O) groups excluding carboxylic acids is 2. The molecule has 3 aliphatic rings. The average molecular weight is 596 g/mol. The zero-order valence-electron chi connectivity index (χ0n) is 22.8. The molecule has 5 rings (SSSR count). The number of pyridine rings is 1. The number of fused-ring (bicyclic) bond motifs is 1. The van der Waals surface area contributed by atoms with Crippen LogP contribution in [0.1, 0.15) is 59.8 Å². The number of benzene rings is 1. The molecule has 0 spiro atoms. The number of likely N-dealkylation sites (tertiary alicyclic amines) is 1. The maximum Gasteiger partial charge on any atom is 0.282 e. The second-order valence-corrected chi connectivity index (χ2v) is 12.3. The molecular formula is C28H32ClF2N3O5S. The van der Waals surface area contributed by atoms with E-state index in [2.05, 4.69) is 10.3 Å². The molecule has 1 saturated heterocycles. The van der Waals surface area contributed by atoms with Gasteiger partial charge in [-0.2, -0.15) is 0 Å². The molecule has 216 valence electrons. The lowest BCUT2D eigenvalue weighted by Gasteiger charge is -2.42. The smallest absolute Gasteiger partial charge is 0.282 e. The van der Waals surface area contributed by atoms with Crippen LogP contribution < -0.4 is 20.3 Å². The topological polar surface area (TPSA) is 101 Å². The predicted molar refractivity (Wildman–Crippen MR) is 148 cm³/mol. The molecule has 1 saturated carbocycles. The van der Waals surface area contributed by atoms with Crippen LogP contribution in [0.3, 0.4) is 0 Å². The molecule has 12 heteroatoms. The molecule has 2 aliphatic heterocycles. The summed E-state index contributed by atoms with van der Waals surface area (Å²) in [7, 11) is 0. The van der Waals surface area contributed by atoms with Gasteiger partial charge in [-0.25, -0.2) is 8.78 Å². The highest BCUT2D eigenvalue weighted by molar-refractivity contribution is 7.98. The molecule has 1 aliphatic carbocycles. The summed E-state index contributed by atoms with van der Waals surface area (Å²) < 4.78 is 39.0. The molecule has 2 N–H and O–H groups in total. The first-order valence-corrected chi connectivity index (χ1v) is 14.8. The van der Waals surface area contributed by atoms with Gasteiger partial charge in [-0.1, -0.05) is 11.6 Å². The van der Waals surface area contributed by atoms with Crippen molar-refractivity contribution in [1.29, 1.82) is 0 Å². The minimum Gasteiger partial charge on any atom is -0.448 e. The third-order valence-electron chi connectivity index (χ3n) is 8.14. The number of nitrogens with zero attached hydrogens (tertiary/aromatic N) is 1. The summed E-state index contributed by atoms with van der Waals surface area (Å²) >= 11 is 7.99. The lowest BCUT2D eigenvalue weighted by Crippen LogP contribution is -2.60. The van der Waals surface area contributed by atoms with Gasteiger partial charge in [-0.3, -0.25) is 14.4 Å². The number of aromatic nitrogens is 1. The number of nitrogens with one attached hydrogen (secondary N) is 2. The summed E-state index contributed by atoms with van der Waals surface area (Å²) in [5.41, 5.74) is 1.84. The first kappa shape index (κ1) is 28.7. The number of amides is 2. The largest absolute Gasteiger partial charge is 0.448 e. The monoisotopic (exact) mass is 595 g/mol. The third-order valence-corrected chi connectivity index (χ3v) is 9.23. The van der Waals surface area contributed by atoms with Crippen molar-refractivity contribution in [1.82, 2.24) is 15.2 Å². The number of rotatable bonds is 6. The number of hydrogen-bond donors (Lipinski definition) is 2. The number of carbonyl (C=O) groups is 2. The quantitative estimate of drug-likeness (QED) is 0.453. The Hall–Kier alpha value is -2.79. The Morgan fingerprint density at radius 1 is 1.15 bits per heavy atom. The molecular weight excluding hydrogens is 564 g/mol. The van der Waals surface area contributed by atoms with Gasteiger partial charge >= 0.3 is 0 Å². The van der Waals surface area contributed by atoms with Crippen LogP contribution in [-0.4, -0.2) is 52.8 Å². The number of aryl methyl sites for hydroxylation is 1. The Balaban J connectivity index is 1.26. The fraction of sp³-hybridized carbons (Fsp3) is 0.536. The van der Waals surface area contributed by atoms with Crippen LogP contribution in [0.25, 0.3) is 0 Å². The van der Waals surface area contributed by atoms with Crippen LogP contribution in [0.15, 0.2) is 21.8 Å². The summed E-state index contributed by atoms with van der Waals surface area (Å²) in [5, 5.41) is 3.05. The van der Waals surface area contributed by atoms with E-state index in [0.717, 1.165) is 10.6 Å². The first-order chi connectivity index (χ1) is 18.8. The lowest BCUT2D eigenvalue weighted by molar-refractivity contribution is -0.172. The van der Waals surface area contributed by atoms with Crippen LogP contribution in [0.4, 0.5) is 8.78 Å². The van der Waals surface area contributed by atoms with Gasteiger partial charge in [0.2, 0.25) is 5.91 Å². The van der Waals surface area contributed by atoms with Gasteiger partial charge in [-0.15, -0.1) is 11.8 Å². The molecule has 1 aromatic carbocycles. The molecule has 3 heterocycles. The predicted octanol–water partition coefficient (Wildman–Crippen LogP) is 5.07. The van der Waals surface area contributed by atoms with Crippen molar-refractivity contribution in [2.45, 2.75) is 69.6 Å². The van der Waals surface area contributed by atoms with E-state index in [1.54, 1.807) is 13.8 Å². The number of aromatic amines is 1. The van der Waals surface area contributed by atoms with Crippen molar-refractivity contribution in [3.8, 4) is 11.5 Å². The maximum atomic E-state index is 13.2. The van der Waals surface area contributed by atoms with Crippen molar-refractivity contribution in [2.24, 2.45) is 11.8 Å². The Bertz CT molecular complexity index is 1420. The Morgan fingerprint density at radius 3 is 2.42 bits per heavy atom. The minimum absolute atomic E-state index is 0.0465. The third kappa shape index (κ3) is 5.30. The molecule has 2 aromatic rings. The molecule has 0 unspecified atom stereocenters. The number of alkyl halides is 2. The van der Waals surface area contributed by atoms with Gasteiger partial charge in [0.1, 0.15) is 0 Å². The average Bonchev–Trinajstić information content (AvgIpc) is 3.27. The fourth-order valence-corrected chi connectivity index (χ4v) is 6.78. The van der Waals surface area contributed by atoms with Crippen molar-refractivity contribution in [3.63, 3.8) is 0 Å². The number of H-pyrrole nitrogens is 1. The first-order valence-electron chi connectivity index (χ1n) is 13.2. The molecule has 2 fully saturated rings. The molecule has 1 aromatic heterocycles. The minimum atomic E-state index is -2.78. The molecule has 0 radical (unpaired) electrons. The van der Waals surface area contributed by atoms with Crippen LogP contribution in [0, 0.1) is 25.7 Å². The highest BCUT2D eigenvalue weighted by Gasteiger charge is 2.51. The van der Waals surface area contributed by atoms with E-state index in [9.17, 15) is 23.2 Å². The van der Waals surface area contributed by atoms with E-state index < -0.39 is 30.7 Å². The molecule has 2 amide bonds. The van der Waals surface area contributed by atoms with E-state index >= 15 is 0 Å². The molecule has 0 bridgehead atoms. The number of hydrogen-bond acceptors (Lipinski definition) is 6. The normalized spacial score (nSPS) is 24.9. The second-order valence-electron chi connectivity index (χ2n) is 11.0. The standard InChI is InChI=1S/C28H32ClF2N3O5S/c1-14-9-21(40-4)19(25(36)33-14)11-32-24(35)18-10-20(29)23-22(15(18)2)38-27(3,39-23)17-7-5-16(6-8-17)26(37)34-12-28(30,31)13-34/h9-10,16-17H,5-8,11-13H2,1-4H3,(H,32,35)(H,33,36)/t16?,17?,27-/m1/s1. The van der Waals surface area contributed by atoms with Crippen LogP contribution >= 0.6 is 23.4 Å². The van der Waals surface area contributed by atoms with Gasteiger partial charge in [0.25, 0.3) is 23.2 Å². The molecule has 8 nitrogen and oxygen atoms in total. The van der Waals surface area contributed by atoms with E-state index in [0.29, 0.717) is 53.9 Å². The SMILES string of the molecule is CSc1cc(C)[nH]c(=O)c1CNC(=O)c1cc(Cl)c2c(c1C)O[C@@](C)(C1CCC(C(=O)N3CC(F)(F)C3)CC1)O2. The van der Waals surface area contributed by atoms with Crippen molar-refractivity contribution >= 4 is 35.2 Å². The Labute approximate surface area is 240 Å². The van der Waals surface area contributed by atoms with Gasteiger partial charge in [0, 0.05) is 52.6 Å². The highest BCUT2D eigenvalue weighted by Crippen LogP contribution is 2.52. The zero-order valence-corrected chi connectivity index (χ0v) is 24.4. The van der Waals surface area contributed by atoms with Gasteiger partial charge in [-0.05, 0) is 57.9 Å². The number of ether oxygens (including phenoxy) is 2. The van der Waals surface area contributed by atoms with Crippen molar-refractivity contribution in [3.05, 3.63) is 49.9 Å². The van der Waals surface area contributed by atoms with E-state index in [1.165, 1.54) is 22.7 Å². The summed E-state index contributed by atoms with van der Waals surface area (Å²) in [6.45, 7) is 4.42. The summed E-state index contributed by atoms with van der Waals surface area (Å²) in [6.07, 6.45) is 4.23. The second kappa shape index (κ2) is 10.6.